The van der Waals surface area contributed by atoms with Gasteiger partial charge in [0.1, 0.15) is 12.1 Å². The van der Waals surface area contributed by atoms with Gasteiger partial charge in [0.25, 0.3) is 0 Å². The van der Waals surface area contributed by atoms with Gasteiger partial charge >= 0.3 is 5.97 Å². The van der Waals surface area contributed by atoms with Crippen LogP contribution in [-0.2, 0) is 9.59 Å². The Bertz CT molecular complexity index is 266. The molecule has 0 saturated heterocycles. The summed E-state index contributed by atoms with van der Waals surface area (Å²) < 4.78 is 0. The highest BCUT2D eigenvalue weighted by atomic mass is 16.4. The zero-order valence-corrected chi connectivity index (χ0v) is 10.0. The number of hydrogen-bond acceptors (Lipinski definition) is 4. The van der Waals surface area contributed by atoms with E-state index in [4.69, 9.17) is 10.8 Å². The Balaban J connectivity index is 4.81. The van der Waals surface area contributed by atoms with E-state index in [1.54, 1.807) is 13.8 Å². The second-order valence-corrected chi connectivity index (χ2v) is 4.24. The summed E-state index contributed by atoms with van der Waals surface area (Å²) >= 11 is 0. The Kier molecular flexibility index (Phi) is 5.40. The summed E-state index contributed by atoms with van der Waals surface area (Å²) in [6.07, 6.45) is -1.00. The number of nitrogens with zero attached hydrogens (tertiary/aromatic N) is 1. The van der Waals surface area contributed by atoms with Crippen LogP contribution in [0.4, 0.5) is 0 Å². The van der Waals surface area contributed by atoms with Gasteiger partial charge in [-0.1, -0.05) is 13.8 Å². The minimum absolute atomic E-state index is 0.229. The van der Waals surface area contributed by atoms with Gasteiger partial charge < -0.3 is 20.8 Å². The van der Waals surface area contributed by atoms with Crippen LogP contribution in [0.1, 0.15) is 20.8 Å². The zero-order valence-electron chi connectivity index (χ0n) is 10.0. The summed E-state index contributed by atoms with van der Waals surface area (Å²) in [6, 6.07) is -2.03. The molecular weight excluding hydrogens is 212 g/mol. The van der Waals surface area contributed by atoms with Gasteiger partial charge in [0.15, 0.2) is 0 Å². The number of likely N-dealkylation sites (N-methyl/N-ethyl adjacent to an activating group) is 1. The number of carboxylic acid groups (broad SMARTS) is 1. The maximum Gasteiger partial charge on any atom is 0.326 e. The van der Waals surface area contributed by atoms with Crippen molar-refractivity contribution < 1.29 is 19.8 Å². The fourth-order valence-corrected chi connectivity index (χ4v) is 1.48. The average molecular weight is 232 g/mol. The smallest absolute Gasteiger partial charge is 0.326 e. The summed E-state index contributed by atoms with van der Waals surface area (Å²) in [4.78, 5) is 23.8. The number of aliphatic hydroxyl groups is 1. The standard InChI is InChI=1S/C10H20N2O4/c1-5(2)8(10(15)16)12(4)9(14)7(11)6(3)13/h5-8,13H,11H2,1-4H3,(H,15,16). The normalized spacial score (nSPS) is 16.7. The van der Waals surface area contributed by atoms with Crippen molar-refractivity contribution in [1.82, 2.24) is 4.90 Å². The van der Waals surface area contributed by atoms with Crippen LogP contribution in [0.3, 0.4) is 0 Å². The number of nitrogens with two attached hydrogens (primary N) is 1. The topological polar surface area (TPSA) is 104 Å². The van der Waals surface area contributed by atoms with E-state index in [-0.39, 0.29) is 5.92 Å². The molecule has 3 unspecified atom stereocenters. The first-order chi connectivity index (χ1) is 7.20. The van der Waals surface area contributed by atoms with E-state index >= 15 is 0 Å². The van der Waals surface area contributed by atoms with Crippen molar-refractivity contribution in [2.24, 2.45) is 11.7 Å². The number of carbonyl (C=O) groups is 2. The molecule has 1 amide bonds. The van der Waals surface area contributed by atoms with Gasteiger partial charge in [-0.15, -0.1) is 0 Å². The molecule has 94 valence electrons. The highest BCUT2D eigenvalue weighted by Crippen LogP contribution is 2.11. The van der Waals surface area contributed by atoms with Gasteiger partial charge in [-0.05, 0) is 12.8 Å². The van der Waals surface area contributed by atoms with Gasteiger partial charge in [0.05, 0.1) is 6.10 Å². The minimum Gasteiger partial charge on any atom is -0.480 e. The van der Waals surface area contributed by atoms with Crippen molar-refractivity contribution in [3.05, 3.63) is 0 Å². The van der Waals surface area contributed by atoms with Crippen molar-refractivity contribution in [3.63, 3.8) is 0 Å². The van der Waals surface area contributed by atoms with E-state index in [0.29, 0.717) is 0 Å². The molecule has 0 fully saturated rings. The first-order valence-corrected chi connectivity index (χ1v) is 5.13. The molecule has 4 N–H and O–H groups in total. The van der Waals surface area contributed by atoms with E-state index in [1.807, 2.05) is 0 Å². The quantitative estimate of drug-likeness (QED) is 0.579. The van der Waals surface area contributed by atoms with Crippen molar-refractivity contribution in [3.8, 4) is 0 Å². The van der Waals surface area contributed by atoms with Crippen LogP contribution in [-0.4, -0.2) is 52.2 Å². The van der Waals surface area contributed by atoms with Gasteiger partial charge in [0, 0.05) is 7.05 Å². The predicted octanol–water partition coefficient (Wildman–Crippen LogP) is -0.738. The third kappa shape index (κ3) is 3.46. The molecule has 6 nitrogen and oxygen atoms in total. The second-order valence-electron chi connectivity index (χ2n) is 4.24. The van der Waals surface area contributed by atoms with Gasteiger partial charge in [-0.25, -0.2) is 4.79 Å². The average Bonchev–Trinajstić information content (AvgIpc) is 2.13. The van der Waals surface area contributed by atoms with E-state index in [0.717, 1.165) is 4.90 Å². The Morgan fingerprint density at radius 2 is 1.69 bits per heavy atom. The zero-order chi connectivity index (χ0) is 13.0. The highest BCUT2D eigenvalue weighted by Gasteiger charge is 2.33. The van der Waals surface area contributed by atoms with Crippen molar-refractivity contribution in [2.75, 3.05) is 7.05 Å². The molecule has 0 aromatic carbocycles. The van der Waals surface area contributed by atoms with Crippen molar-refractivity contribution in [2.45, 2.75) is 39.0 Å². The monoisotopic (exact) mass is 232 g/mol. The lowest BCUT2D eigenvalue weighted by Gasteiger charge is -2.30. The first-order valence-electron chi connectivity index (χ1n) is 5.13. The number of carboxylic acids is 1. The van der Waals surface area contributed by atoms with Crippen molar-refractivity contribution >= 4 is 11.9 Å². The number of carbonyl (C=O) groups excluding carboxylic acids is 1. The summed E-state index contributed by atoms with van der Waals surface area (Å²) in [7, 11) is 1.38. The van der Waals surface area contributed by atoms with E-state index < -0.39 is 30.1 Å². The van der Waals surface area contributed by atoms with Gasteiger partial charge in [-0.2, -0.15) is 0 Å². The van der Waals surface area contributed by atoms with Crippen LogP contribution in [0.15, 0.2) is 0 Å². The molecule has 0 spiro atoms. The second kappa shape index (κ2) is 5.81. The Hall–Kier alpha value is -1.14. The third-order valence-corrected chi connectivity index (χ3v) is 2.45. The van der Waals surface area contributed by atoms with Gasteiger partial charge in [0.2, 0.25) is 5.91 Å². The fraction of sp³-hybridized carbons (Fsp3) is 0.800. The lowest BCUT2D eigenvalue weighted by atomic mass is 10.0. The molecule has 16 heavy (non-hydrogen) atoms. The van der Waals surface area contributed by atoms with Crippen LogP contribution in [0.5, 0.6) is 0 Å². The largest absolute Gasteiger partial charge is 0.480 e. The molecule has 0 radical (unpaired) electrons. The lowest BCUT2D eigenvalue weighted by Crippen LogP contribution is -2.54. The van der Waals surface area contributed by atoms with Gasteiger partial charge in [-0.3, -0.25) is 4.79 Å². The maximum atomic E-state index is 11.7. The first kappa shape index (κ1) is 14.9. The number of rotatable bonds is 5. The van der Waals surface area contributed by atoms with Crippen LogP contribution in [0.2, 0.25) is 0 Å². The number of amides is 1. The summed E-state index contributed by atoms with van der Waals surface area (Å²) in [6.45, 7) is 4.80. The Morgan fingerprint density at radius 3 is 1.94 bits per heavy atom. The summed E-state index contributed by atoms with van der Waals surface area (Å²) in [5.41, 5.74) is 5.46. The SMILES string of the molecule is CC(C)C(C(=O)O)N(C)C(=O)C(N)C(C)O. The van der Waals surface area contributed by atoms with Crippen LogP contribution in [0, 0.1) is 5.92 Å². The molecule has 0 aliphatic rings. The van der Waals surface area contributed by atoms with Crippen LogP contribution < -0.4 is 5.73 Å². The van der Waals surface area contributed by atoms with E-state index in [1.165, 1.54) is 14.0 Å². The van der Waals surface area contributed by atoms with Crippen LogP contribution >= 0.6 is 0 Å². The Labute approximate surface area is 95.0 Å². The molecule has 0 aromatic rings. The molecule has 6 heteroatoms. The third-order valence-electron chi connectivity index (χ3n) is 2.45. The highest BCUT2D eigenvalue weighted by molar-refractivity contribution is 5.87. The number of hydrogen-bond donors (Lipinski definition) is 3. The van der Waals surface area contributed by atoms with E-state index in [2.05, 4.69) is 0 Å². The molecule has 0 aliphatic heterocycles. The molecular formula is C10H20N2O4. The van der Waals surface area contributed by atoms with Crippen LogP contribution in [0.25, 0.3) is 0 Å². The maximum absolute atomic E-state index is 11.7. The minimum atomic E-state index is -1.09. The number of aliphatic hydroxyl groups excluding tert-OH is 1. The fourth-order valence-electron chi connectivity index (χ4n) is 1.48. The van der Waals surface area contributed by atoms with E-state index in [9.17, 15) is 14.7 Å². The Morgan fingerprint density at radius 1 is 1.25 bits per heavy atom. The summed E-state index contributed by atoms with van der Waals surface area (Å²) in [5.74, 6) is -1.88. The lowest BCUT2D eigenvalue weighted by molar-refractivity contribution is -0.152. The predicted molar refractivity (Wildman–Crippen MR) is 58.7 cm³/mol. The molecule has 0 rings (SSSR count). The summed E-state index contributed by atoms with van der Waals surface area (Å²) in [5, 5.41) is 18.2. The molecule has 0 aliphatic carbocycles. The molecule has 3 atom stereocenters. The molecule has 0 heterocycles. The molecule has 0 saturated carbocycles. The number of aliphatic carboxylic acids is 1. The molecule has 0 bridgehead atoms. The molecule has 0 aromatic heterocycles. The van der Waals surface area contributed by atoms with Crippen molar-refractivity contribution in [1.29, 1.82) is 0 Å².